The van der Waals surface area contributed by atoms with E-state index < -0.39 is 11.9 Å². The summed E-state index contributed by atoms with van der Waals surface area (Å²) in [5.41, 5.74) is 5.62. The maximum Gasteiger partial charge on any atom is 1.00 e. The van der Waals surface area contributed by atoms with Crippen LogP contribution in [0.1, 0.15) is 93.6 Å². The van der Waals surface area contributed by atoms with E-state index in [2.05, 4.69) is 54.1 Å². The molecule has 1 aliphatic carbocycles. The Morgan fingerprint density at radius 1 is 1.07 bits per heavy atom. The van der Waals surface area contributed by atoms with Gasteiger partial charge in [0.2, 0.25) is 5.88 Å². The molecule has 2 aromatic carbocycles. The van der Waals surface area contributed by atoms with Crippen LogP contribution < -0.4 is 44.1 Å². The number of carboxylic acids is 1. The van der Waals surface area contributed by atoms with Gasteiger partial charge in [-0.3, -0.25) is 4.90 Å². The number of carbonyl (C=O) groups excluding carboxylic acids is 1. The average Bonchev–Trinajstić information content (AvgIpc) is 3.84. The number of nitrogens with zero attached hydrogens (tertiary/aromatic N) is 2. The van der Waals surface area contributed by atoms with E-state index in [9.17, 15) is 9.90 Å². The summed E-state index contributed by atoms with van der Waals surface area (Å²) in [6.45, 7) is 7.04. The van der Waals surface area contributed by atoms with Gasteiger partial charge in [-0.05, 0) is 98.1 Å². The number of halogens is 1. The fourth-order valence-electron chi connectivity index (χ4n) is 7.33. The average molecular weight is 609 g/mol. The molecule has 1 saturated heterocycles. The number of hydrogen-bond acceptors (Lipinski definition) is 6. The number of fused-ring (bicyclic) bond motifs is 1. The van der Waals surface area contributed by atoms with Crippen LogP contribution in [0.5, 0.6) is 11.6 Å². The Morgan fingerprint density at radius 2 is 1.82 bits per heavy atom. The van der Waals surface area contributed by atoms with E-state index in [0.29, 0.717) is 36.0 Å². The molecular formula is C36H42FN2NaO4. The zero-order valence-corrected chi connectivity index (χ0v) is 28.6. The van der Waals surface area contributed by atoms with Gasteiger partial charge in [-0.2, -0.15) is 0 Å². The van der Waals surface area contributed by atoms with Gasteiger partial charge >= 0.3 is 29.6 Å². The van der Waals surface area contributed by atoms with Crippen LogP contribution in [0.15, 0.2) is 48.7 Å². The van der Waals surface area contributed by atoms with Gasteiger partial charge in [0, 0.05) is 42.1 Å². The summed E-state index contributed by atoms with van der Waals surface area (Å²) < 4.78 is 27.2. The molecule has 1 saturated carbocycles. The van der Waals surface area contributed by atoms with E-state index in [-0.39, 0.29) is 47.4 Å². The number of ether oxygens (including phenoxy) is 2. The first kappa shape index (κ1) is 32.9. The van der Waals surface area contributed by atoms with Crippen LogP contribution in [-0.4, -0.2) is 35.0 Å². The molecule has 1 aromatic heterocycles. The quantitative estimate of drug-likeness (QED) is 0.346. The van der Waals surface area contributed by atoms with Crippen molar-refractivity contribution < 1.29 is 53.3 Å². The molecule has 8 heteroatoms. The molecule has 6 nitrogen and oxygen atoms in total. The Morgan fingerprint density at radius 3 is 2.50 bits per heavy atom. The second kappa shape index (κ2) is 13.9. The van der Waals surface area contributed by atoms with Crippen LogP contribution >= 0.6 is 0 Å². The van der Waals surface area contributed by atoms with Crippen LogP contribution in [-0.2, 0) is 17.8 Å². The van der Waals surface area contributed by atoms with E-state index in [1.165, 1.54) is 12.6 Å². The molecule has 0 N–H and O–H groups in total. The number of likely N-dealkylation sites (tertiary alicyclic amines) is 1. The van der Waals surface area contributed by atoms with Gasteiger partial charge in [-0.25, -0.2) is 9.37 Å². The first-order valence-corrected chi connectivity index (χ1v) is 15.8. The first-order valence-electron chi connectivity index (χ1n) is 15.8. The van der Waals surface area contributed by atoms with E-state index >= 15 is 4.39 Å². The van der Waals surface area contributed by atoms with E-state index in [0.717, 1.165) is 72.1 Å². The SMILES string of the molecule is COc1cc(-c2ccc(C3CCc4ccc([C@H](C5CC5)[C@H](C)C(=O)[O-])cc4O3)cc2CN2[C@H](C)CCC[C@H]2C)c(F)cn1.[Na+]. The molecule has 1 unspecified atom stereocenters. The maximum absolute atomic E-state index is 15.2. The van der Waals surface area contributed by atoms with Gasteiger partial charge in [0.1, 0.15) is 17.7 Å². The van der Waals surface area contributed by atoms with Crippen molar-refractivity contribution in [1.29, 1.82) is 0 Å². The zero-order chi connectivity index (χ0) is 30.2. The standard InChI is InChI=1S/C36H43FN2O4.Na/c1-21-6-5-7-22(2)39(21)20-28-16-26(12-14-29(28)30-18-34(42-4)38-19-31(30)37)32-15-13-24-8-11-27(17-33(24)43-32)35(25-9-10-25)23(3)36(40)41;/h8,11-12,14,16-19,21-23,25,32,35H,5-7,9-10,13,15,20H2,1-4H3,(H,40,41);/q;+1/p-1/t21-,22-,23+,32?,35+;/m1./s1. The summed E-state index contributed by atoms with van der Waals surface area (Å²) in [6.07, 6.45) is 8.42. The topological polar surface area (TPSA) is 74.7 Å². The van der Waals surface area contributed by atoms with Crippen LogP contribution in [0.2, 0.25) is 0 Å². The Labute approximate surface area is 282 Å². The molecule has 0 radical (unpaired) electrons. The summed E-state index contributed by atoms with van der Waals surface area (Å²) in [4.78, 5) is 18.4. The molecule has 2 aliphatic heterocycles. The van der Waals surface area contributed by atoms with Gasteiger partial charge in [0.15, 0.2) is 0 Å². The van der Waals surface area contributed by atoms with Crippen molar-refractivity contribution in [3.8, 4) is 22.8 Å². The smallest absolute Gasteiger partial charge is 0.550 e. The van der Waals surface area contributed by atoms with E-state index in [1.807, 2.05) is 6.07 Å². The van der Waals surface area contributed by atoms with Crippen molar-refractivity contribution in [3.05, 3.63) is 76.7 Å². The zero-order valence-electron chi connectivity index (χ0n) is 26.6. The second-order valence-corrected chi connectivity index (χ2v) is 12.9. The van der Waals surface area contributed by atoms with Crippen LogP contribution in [0.3, 0.4) is 0 Å². The fourth-order valence-corrected chi connectivity index (χ4v) is 7.33. The monoisotopic (exact) mass is 608 g/mol. The molecule has 6 rings (SSSR count). The molecule has 5 atom stereocenters. The molecule has 3 aromatic rings. The van der Waals surface area contributed by atoms with Crippen molar-refractivity contribution in [1.82, 2.24) is 9.88 Å². The largest absolute Gasteiger partial charge is 1.00 e. The number of rotatable bonds is 9. The molecule has 3 heterocycles. The Bertz CT molecular complexity index is 1480. The Hall–Kier alpha value is -2.45. The van der Waals surface area contributed by atoms with E-state index in [4.69, 9.17) is 9.47 Å². The third-order valence-electron chi connectivity index (χ3n) is 10.0. The summed E-state index contributed by atoms with van der Waals surface area (Å²) in [5, 5.41) is 11.8. The van der Waals surface area contributed by atoms with Crippen molar-refractivity contribution in [2.45, 2.75) is 96.4 Å². The van der Waals surface area contributed by atoms with Crippen molar-refractivity contribution in [3.63, 3.8) is 0 Å². The van der Waals surface area contributed by atoms with Gasteiger partial charge in [-0.15, -0.1) is 0 Å². The molecule has 0 amide bonds. The van der Waals surface area contributed by atoms with Gasteiger partial charge in [0.25, 0.3) is 0 Å². The predicted molar refractivity (Wildman–Crippen MR) is 162 cm³/mol. The molecule has 228 valence electrons. The number of aromatic nitrogens is 1. The van der Waals surface area contributed by atoms with Crippen LogP contribution in [0.25, 0.3) is 11.1 Å². The number of carbonyl (C=O) groups is 1. The Balaban J connectivity index is 0.00000384. The number of carboxylic acid groups (broad SMARTS) is 1. The molecule has 2 fully saturated rings. The summed E-state index contributed by atoms with van der Waals surface area (Å²) in [6, 6.07) is 15.1. The fraction of sp³-hybridized carbons (Fsp3) is 0.500. The van der Waals surface area contributed by atoms with Gasteiger partial charge in [0.05, 0.1) is 13.3 Å². The minimum Gasteiger partial charge on any atom is -0.550 e. The molecule has 0 spiro atoms. The van der Waals surface area contributed by atoms with Crippen molar-refractivity contribution in [2.24, 2.45) is 11.8 Å². The number of pyridine rings is 1. The molecule has 3 aliphatic rings. The van der Waals surface area contributed by atoms with Crippen LogP contribution in [0, 0.1) is 17.7 Å². The number of methoxy groups -OCH3 is 1. The van der Waals surface area contributed by atoms with Gasteiger partial charge < -0.3 is 19.4 Å². The Kier molecular flexibility index (Phi) is 10.4. The van der Waals surface area contributed by atoms with Crippen LogP contribution in [0.4, 0.5) is 4.39 Å². The third kappa shape index (κ3) is 6.86. The molecular weight excluding hydrogens is 566 g/mol. The molecule has 0 bridgehead atoms. The minimum absolute atomic E-state index is 0. The number of benzene rings is 2. The second-order valence-electron chi connectivity index (χ2n) is 12.9. The minimum atomic E-state index is -0.998. The van der Waals surface area contributed by atoms with Gasteiger partial charge in [-0.1, -0.05) is 43.7 Å². The maximum atomic E-state index is 15.2. The normalized spacial score (nSPS) is 23.1. The summed E-state index contributed by atoms with van der Waals surface area (Å²) in [7, 11) is 1.54. The van der Waals surface area contributed by atoms with Crippen molar-refractivity contribution >= 4 is 5.97 Å². The number of aryl methyl sites for hydroxylation is 1. The van der Waals surface area contributed by atoms with Crippen molar-refractivity contribution in [2.75, 3.05) is 7.11 Å². The summed E-state index contributed by atoms with van der Waals surface area (Å²) in [5.74, 6) is -0.391. The van der Waals surface area contributed by atoms with E-state index in [1.54, 1.807) is 20.1 Å². The number of aliphatic carboxylic acids is 1. The number of piperidine rings is 1. The number of hydrogen-bond donors (Lipinski definition) is 0. The predicted octanol–water partition coefficient (Wildman–Crippen LogP) is 3.61. The summed E-state index contributed by atoms with van der Waals surface area (Å²) >= 11 is 0. The first-order chi connectivity index (χ1) is 20.7. The molecule has 44 heavy (non-hydrogen) atoms. The third-order valence-corrected chi connectivity index (χ3v) is 10.0.